The summed E-state index contributed by atoms with van der Waals surface area (Å²) >= 11 is 0. The minimum absolute atomic E-state index is 0.00675. The van der Waals surface area contributed by atoms with Crippen LogP contribution in [0.1, 0.15) is 22.7 Å². The van der Waals surface area contributed by atoms with E-state index >= 15 is 0 Å². The Kier molecular flexibility index (Phi) is 9.57. The molecule has 4 N–H and O–H groups in total. The third kappa shape index (κ3) is 8.33. The van der Waals surface area contributed by atoms with Crippen molar-refractivity contribution in [3.63, 3.8) is 0 Å². The van der Waals surface area contributed by atoms with Gasteiger partial charge in [-0.15, -0.1) is 0 Å². The molecule has 178 valence electrons. The Balaban J connectivity index is 2.01. The summed E-state index contributed by atoms with van der Waals surface area (Å²) in [5.41, 5.74) is -0.610. The predicted octanol–water partition coefficient (Wildman–Crippen LogP) is 0.206. The lowest BCUT2D eigenvalue weighted by molar-refractivity contribution is -0.145. The third-order valence-electron chi connectivity index (χ3n) is 4.23. The first kappa shape index (κ1) is 26.0. The molecule has 10 nitrogen and oxygen atoms in total. The first-order valence-corrected chi connectivity index (χ1v) is 9.66. The molecule has 33 heavy (non-hydrogen) atoms. The quantitative estimate of drug-likeness (QED) is 0.342. The van der Waals surface area contributed by atoms with E-state index in [1.807, 2.05) is 0 Å². The molecule has 2 atom stereocenters. The van der Waals surface area contributed by atoms with E-state index in [9.17, 15) is 32.8 Å². The standard InChI is InChI=1S/C19H22BF3N4O6/c1-32-11-14(25-16(28)13-7-9-24-18(26-13)19(21,22)23)17(29)27-15(20(30)31)8-10-33-12-5-3-2-4-6-12/h2-7,9,14-15,30-31H,8,10-11H2,1H3,(H,25,28)(H,27,29)/t14?,15-/m0/s1. The second-order valence-corrected chi connectivity index (χ2v) is 6.72. The summed E-state index contributed by atoms with van der Waals surface area (Å²) in [5.74, 6) is -4.05. The predicted molar refractivity (Wildman–Crippen MR) is 109 cm³/mol. The Labute approximate surface area is 187 Å². The molecule has 0 aliphatic heterocycles. The van der Waals surface area contributed by atoms with Crippen molar-refractivity contribution in [2.24, 2.45) is 0 Å². The van der Waals surface area contributed by atoms with E-state index < -0.39 is 48.6 Å². The molecule has 0 aliphatic carbocycles. The van der Waals surface area contributed by atoms with Crippen molar-refractivity contribution in [2.45, 2.75) is 24.6 Å². The summed E-state index contributed by atoms with van der Waals surface area (Å²) in [5, 5.41) is 23.7. The van der Waals surface area contributed by atoms with Gasteiger partial charge >= 0.3 is 13.3 Å². The molecule has 2 rings (SSSR count). The number of halogens is 3. The second-order valence-electron chi connectivity index (χ2n) is 6.72. The van der Waals surface area contributed by atoms with Crippen molar-refractivity contribution in [1.29, 1.82) is 0 Å². The fourth-order valence-corrected chi connectivity index (χ4v) is 2.60. The van der Waals surface area contributed by atoms with Gasteiger partial charge in [-0.2, -0.15) is 13.2 Å². The topological polar surface area (TPSA) is 143 Å². The highest BCUT2D eigenvalue weighted by molar-refractivity contribution is 6.43. The van der Waals surface area contributed by atoms with Crippen molar-refractivity contribution in [3.8, 4) is 5.75 Å². The average molecular weight is 470 g/mol. The number of alkyl halides is 3. The van der Waals surface area contributed by atoms with Gasteiger partial charge in [-0.05, 0) is 18.2 Å². The molecule has 1 aromatic carbocycles. The number of aromatic nitrogens is 2. The molecular formula is C19H22BF3N4O6. The molecule has 1 heterocycles. The Morgan fingerprint density at radius 3 is 2.45 bits per heavy atom. The highest BCUT2D eigenvalue weighted by atomic mass is 19.4. The van der Waals surface area contributed by atoms with E-state index in [-0.39, 0.29) is 19.6 Å². The maximum atomic E-state index is 12.8. The summed E-state index contributed by atoms with van der Waals surface area (Å²) in [4.78, 5) is 31.2. The summed E-state index contributed by atoms with van der Waals surface area (Å²) in [6, 6.07) is 8.29. The molecular weight excluding hydrogens is 448 g/mol. The minimum atomic E-state index is -4.86. The molecule has 0 spiro atoms. The van der Waals surface area contributed by atoms with Gasteiger partial charge in [0.25, 0.3) is 5.91 Å². The Hall–Kier alpha value is -3.23. The summed E-state index contributed by atoms with van der Waals surface area (Å²) in [6.07, 6.45) is -4.08. The molecule has 0 radical (unpaired) electrons. The number of methoxy groups -OCH3 is 1. The number of carbonyl (C=O) groups is 2. The van der Waals surface area contributed by atoms with Crippen LogP contribution in [0.25, 0.3) is 0 Å². The lowest BCUT2D eigenvalue weighted by atomic mass is 9.77. The molecule has 2 aromatic rings. The number of nitrogens with zero attached hydrogens (tertiary/aromatic N) is 2. The fourth-order valence-electron chi connectivity index (χ4n) is 2.60. The lowest BCUT2D eigenvalue weighted by Gasteiger charge is -2.22. The number of amides is 2. The molecule has 0 saturated carbocycles. The number of nitrogens with one attached hydrogen (secondary N) is 2. The van der Waals surface area contributed by atoms with Gasteiger partial charge in [0.1, 0.15) is 17.5 Å². The highest BCUT2D eigenvalue weighted by Gasteiger charge is 2.35. The van der Waals surface area contributed by atoms with Crippen LogP contribution in [0.2, 0.25) is 0 Å². The number of benzene rings is 1. The molecule has 2 amide bonds. The van der Waals surface area contributed by atoms with Gasteiger partial charge < -0.3 is 30.2 Å². The SMILES string of the molecule is COCC(NC(=O)c1ccnc(C(F)(F)F)n1)C(=O)N[C@@H](CCOc1ccccc1)B(O)O. The first-order chi connectivity index (χ1) is 15.6. The van der Waals surface area contributed by atoms with Gasteiger partial charge in [0.2, 0.25) is 11.7 Å². The summed E-state index contributed by atoms with van der Waals surface area (Å²) in [6.45, 7) is -0.307. The van der Waals surface area contributed by atoms with Gasteiger partial charge in [0.05, 0.1) is 19.2 Å². The van der Waals surface area contributed by atoms with E-state index in [1.54, 1.807) is 30.3 Å². The van der Waals surface area contributed by atoms with E-state index in [0.29, 0.717) is 5.75 Å². The molecule has 0 aliphatic rings. The number of hydrogen-bond donors (Lipinski definition) is 4. The molecule has 1 unspecified atom stereocenters. The summed E-state index contributed by atoms with van der Waals surface area (Å²) < 4.78 is 48.7. The molecule has 0 saturated heterocycles. The largest absolute Gasteiger partial charge is 0.494 e. The average Bonchev–Trinajstić information content (AvgIpc) is 2.78. The zero-order valence-corrected chi connectivity index (χ0v) is 17.5. The van der Waals surface area contributed by atoms with Crippen molar-refractivity contribution in [2.75, 3.05) is 20.3 Å². The van der Waals surface area contributed by atoms with Gasteiger partial charge in [-0.3, -0.25) is 9.59 Å². The smallest absolute Gasteiger partial charge is 0.475 e. The van der Waals surface area contributed by atoms with Crippen molar-refractivity contribution in [3.05, 3.63) is 54.1 Å². The number of hydrogen-bond acceptors (Lipinski definition) is 8. The maximum absolute atomic E-state index is 12.8. The van der Waals surface area contributed by atoms with Crippen LogP contribution in [0.15, 0.2) is 42.6 Å². The van der Waals surface area contributed by atoms with Gasteiger partial charge in [-0.1, -0.05) is 18.2 Å². The zero-order valence-electron chi connectivity index (χ0n) is 17.5. The van der Waals surface area contributed by atoms with Crippen LogP contribution in [0.5, 0.6) is 5.75 Å². The third-order valence-corrected chi connectivity index (χ3v) is 4.23. The lowest BCUT2D eigenvalue weighted by Crippen LogP contribution is -2.55. The number of ether oxygens (including phenoxy) is 2. The molecule has 0 bridgehead atoms. The Morgan fingerprint density at radius 2 is 1.85 bits per heavy atom. The summed E-state index contributed by atoms with van der Waals surface area (Å²) in [7, 11) is -0.700. The fraction of sp³-hybridized carbons (Fsp3) is 0.368. The Bertz CT molecular complexity index is 920. The van der Waals surface area contributed by atoms with Crippen LogP contribution >= 0.6 is 0 Å². The van der Waals surface area contributed by atoms with Gasteiger partial charge in [0.15, 0.2) is 0 Å². The van der Waals surface area contributed by atoms with E-state index in [2.05, 4.69) is 20.6 Å². The molecule has 0 fully saturated rings. The number of carbonyl (C=O) groups excluding carboxylic acids is 2. The Morgan fingerprint density at radius 1 is 1.15 bits per heavy atom. The van der Waals surface area contributed by atoms with Crippen LogP contribution < -0.4 is 15.4 Å². The zero-order chi connectivity index (χ0) is 24.4. The number of rotatable bonds is 11. The molecule has 14 heteroatoms. The van der Waals surface area contributed by atoms with Crippen LogP contribution in [-0.2, 0) is 15.7 Å². The van der Waals surface area contributed by atoms with Crippen molar-refractivity contribution >= 4 is 18.9 Å². The van der Waals surface area contributed by atoms with Crippen molar-refractivity contribution < 1.29 is 42.3 Å². The second kappa shape index (κ2) is 12.1. The minimum Gasteiger partial charge on any atom is -0.494 e. The van der Waals surface area contributed by atoms with Crippen molar-refractivity contribution in [1.82, 2.24) is 20.6 Å². The van der Waals surface area contributed by atoms with Crippen LogP contribution in [0.4, 0.5) is 13.2 Å². The van der Waals surface area contributed by atoms with Gasteiger partial charge in [-0.25, -0.2) is 9.97 Å². The monoisotopic (exact) mass is 470 g/mol. The van der Waals surface area contributed by atoms with Crippen LogP contribution in [0.3, 0.4) is 0 Å². The van der Waals surface area contributed by atoms with Crippen LogP contribution in [0, 0.1) is 0 Å². The highest BCUT2D eigenvalue weighted by Crippen LogP contribution is 2.25. The van der Waals surface area contributed by atoms with E-state index in [4.69, 9.17) is 9.47 Å². The number of para-hydroxylation sites is 1. The van der Waals surface area contributed by atoms with E-state index in [1.165, 1.54) is 7.11 Å². The first-order valence-electron chi connectivity index (χ1n) is 9.66. The maximum Gasteiger partial charge on any atom is 0.475 e. The van der Waals surface area contributed by atoms with Crippen LogP contribution in [-0.4, -0.2) is 71.3 Å². The van der Waals surface area contributed by atoms with Gasteiger partial charge in [0, 0.05) is 19.7 Å². The van der Waals surface area contributed by atoms with E-state index in [0.717, 1.165) is 12.3 Å². The molecule has 1 aromatic heterocycles. The normalized spacial score (nSPS) is 13.0.